The van der Waals surface area contributed by atoms with Crippen LogP contribution in [-0.2, 0) is 5.60 Å². The summed E-state index contributed by atoms with van der Waals surface area (Å²) in [6.07, 6.45) is 3.46. The van der Waals surface area contributed by atoms with Crippen molar-refractivity contribution in [3.8, 4) is 11.5 Å². The smallest absolute Gasteiger partial charge is 0.255 e. The summed E-state index contributed by atoms with van der Waals surface area (Å²) < 4.78 is 3.25. The highest BCUT2D eigenvalue weighted by Gasteiger charge is 2.19. The predicted molar refractivity (Wildman–Crippen MR) is 91.7 cm³/mol. The first-order chi connectivity index (χ1) is 11.3. The first kappa shape index (κ1) is 16.1. The van der Waals surface area contributed by atoms with E-state index in [4.69, 9.17) is 0 Å². The summed E-state index contributed by atoms with van der Waals surface area (Å²) in [6.45, 7) is 7.17. The average Bonchev–Trinajstić information content (AvgIpc) is 2.99. The summed E-state index contributed by atoms with van der Waals surface area (Å²) in [5.41, 5.74) is 1.95. The highest BCUT2D eigenvalue weighted by atomic mass is 16.3. The van der Waals surface area contributed by atoms with Gasteiger partial charge in [-0.2, -0.15) is 5.10 Å². The quantitative estimate of drug-likeness (QED) is 0.802. The maximum atomic E-state index is 12.3. The highest BCUT2D eigenvalue weighted by Crippen LogP contribution is 2.20. The van der Waals surface area contributed by atoms with Crippen molar-refractivity contribution in [1.29, 1.82) is 0 Å². The van der Waals surface area contributed by atoms with Crippen LogP contribution in [-0.4, -0.2) is 24.4 Å². The van der Waals surface area contributed by atoms with Crippen LogP contribution in [0.3, 0.4) is 0 Å². The van der Waals surface area contributed by atoms with Crippen LogP contribution in [0.4, 0.5) is 0 Å². The molecule has 0 aliphatic heterocycles. The zero-order valence-electron chi connectivity index (χ0n) is 14.2. The summed E-state index contributed by atoms with van der Waals surface area (Å²) >= 11 is 0. The van der Waals surface area contributed by atoms with Gasteiger partial charge < -0.3 is 5.11 Å². The lowest BCUT2D eigenvalue weighted by Crippen LogP contribution is -2.20. The van der Waals surface area contributed by atoms with E-state index in [9.17, 15) is 9.90 Å². The Bertz CT molecular complexity index is 948. The first-order valence-corrected chi connectivity index (χ1v) is 7.72. The third-order valence-electron chi connectivity index (χ3n) is 3.90. The molecule has 0 aromatic carbocycles. The predicted octanol–water partition coefficient (Wildman–Crippen LogP) is 2.26. The second kappa shape index (κ2) is 5.72. The van der Waals surface area contributed by atoms with Gasteiger partial charge in [0.25, 0.3) is 5.56 Å². The van der Waals surface area contributed by atoms with Crippen molar-refractivity contribution in [2.24, 2.45) is 0 Å². The second-order valence-corrected chi connectivity index (χ2v) is 6.37. The van der Waals surface area contributed by atoms with Crippen LogP contribution in [0.2, 0.25) is 0 Å². The van der Waals surface area contributed by atoms with Gasteiger partial charge in [0.2, 0.25) is 0 Å². The van der Waals surface area contributed by atoms with Crippen LogP contribution >= 0.6 is 0 Å². The molecule has 0 saturated heterocycles. The molecule has 24 heavy (non-hydrogen) atoms. The van der Waals surface area contributed by atoms with Crippen LogP contribution in [0.15, 0.2) is 47.5 Å². The average molecular weight is 324 g/mol. The van der Waals surface area contributed by atoms with E-state index in [2.05, 4.69) is 10.1 Å². The van der Waals surface area contributed by atoms with E-state index < -0.39 is 5.60 Å². The fourth-order valence-electron chi connectivity index (χ4n) is 2.55. The Hall–Kier alpha value is -2.73. The summed E-state index contributed by atoms with van der Waals surface area (Å²) in [5.74, 6) is 0.584. The maximum absolute atomic E-state index is 12.3. The number of rotatable bonds is 3. The van der Waals surface area contributed by atoms with Crippen molar-refractivity contribution in [3.63, 3.8) is 0 Å². The molecular weight excluding hydrogens is 304 g/mol. The van der Waals surface area contributed by atoms with Crippen LogP contribution < -0.4 is 5.56 Å². The molecule has 6 nitrogen and oxygen atoms in total. The molecule has 0 radical (unpaired) electrons. The SMILES string of the molecule is Cc1cnc(-n2ccc(C(C)(C)O)n2)cc1-n1c(C)cccc1=O. The van der Waals surface area contributed by atoms with Gasteiger partial charge in [0.15, 0.2) is 5.82 Å². The Kier molecular flexibility index (Phi) is 3.85. The number of nitrogens with zero attached hydrogens (tertiary/aromatic N) is 4. The molecule has 3 heterocycles. The largest absolute Gasteiger partial charge is 0.384 e. The molecule has 0 aliphatic carbocycles. The number of pyridine rings is 2. The number of hydrogen-bond acceptors (Lipinski definition) is 4. The minimum atomic E-state index is -1.02. The van der Waals surface area contributed by atoms with Crippen molar-refractivity contribution in [3.05, 3.63) is 70.0 Å². The van der Waals surface area contributed by atoms with Crippen molar-refractivity contribution in [1.82, 2.24) is 19.3 Å². The molecule has 3 aromatic heterocycles. The lowest BCUT2D eigenvalue weighted by molar-refractivity contribution is 0.0734. The molecule has 0 unspecified atom stereocenters. The monoisotopic (exact) mass is 324 g/mol. The van der Waals surface area contributed by atoms with Gasteiger partial charge in [0.05, 0.1) is 11.4 Å². The first-order valence-electron chi connectivity index (χ1n) is 7.72. The fourth-order valence-corrected chi connectivity index (χ4v) is 2.55. The van der Waals surface area contributed by atoms with E-state index in [1.165, 1.54) is 6.07 Å². The van der Waals surface area contributed by atoms with E-state index in [1.54, 1.807) is 47.6 Å². The van der Waals surface area contributed by atoms with Gasteiger partial charge in [-0.25, -0.2) is 9.67 Å². The molecule has 0 amide bonds. The van der Waals surface area contributed by atoms with Gasteiger partial charge in [0.1, 0.15) is 5.60 Å². The third-order valence-corrected chi connectivity index (χ3v) is 3.90. The Morgan fingerprint density at radius 3 is 2.54 bits per heavy atom. The summed E-state index contributed by atoms with van der Waals surface area (Å²) in [4.78, 5) is 16.7. The summed E-state index contributed by atoms with van der Waals surface area (Å²) in [6, 6.07) is 8.74. The lowest BCUT2D eigenvalue weighted by Gasteiger charge is -2.14. The molecule has 3 rings (SSSR count). The van der Waals surface area contributed by atoms with Gasteiger partial charge >= 0.3 is 0 Å². The molecule has 0 aliphatic rings. The molecule has 0 atom stereocenters. The molecule has 3 aromatic rings. The Morgan fingerprint density at radius 2 is 1.92 bits per heavy atom. The van der Waals surface area contributed by atoms with Crippen molar-refractivity contribution in [2.45, 2.75) is 33.3 Å². The Balaban J connectivity index is 2.14. The Morgan fingerprint density at radius 1 is 1.17 bits per heavy atom. The zero-order chi connectivity index (χ0) is 17.5. The van der Waals surface area contributed by atoms with E-state index in [0.29, 0.717) is 11.5 Å². The van der Waals surface area contributed by atoms with Crippen LogP contribution in [0, 0.1) is 13.8 Å². The van der Waals surface area contributed by atoms with Gasteiger partial charge in [0, 0.05) is 30.2 Å². The van der Waals surface area contributed by atoms with Gasteiger partial charge in [-0.15, -0.1) is 0 Å². The molecule has 6 heteroatoms. The van der Waals surface area contributed by atoms with Crippen LogP contribution in [0.5, 0.6) is 0 Å². The van der Waals surface area contributed by atoms with Crippen molar-refractivity contribution >= 4 is 0 Å². The number of aliphatic hydroxyl groups is 1. The molecule has 1 N–H and O–H groups in total. The van der Waals surface area contributed by atoms with Gasteiger partial charge in [-0.05, 0) is 45.4 Å². The maximum Gasteiger partial charge on any atom is 0.255 e. The summed E-state index contributed by atoms with van der Waals surface area (Å²) in [5, 5.41) is 14.4. The molecule has 0 fully saturated rings. The second-order valence-electron chi connectivity index (χ2n) is 6.37. The van der Waals surface area contributed by atoms with Crippen LogP contribution in [0.25, 0.3) is 11.5 Å². The molecule has 0 spiro atoms. The summed E-state index contributed by atoms with van der Waals surface area (Å²) in [7, 11) is 0. The standard InChI is InChI=1S/C18H20N4O2/c1-12-11-19-16(21-9-8-15(20-21)18(3,4)24)10-14(12)22-13(2)6-5-7-17(22)23/h5-11,24H,1-4H3. The molecule has 124 valence electrons. The van der Waals surface area contributed by atoms with Crippen LogP contribution in [0.1, 0.15) is 30.8 Å². The van der Waals surface area contributed by atoms with Gasteiger partial charge in [-0.1, -0.05) is 6.07 Å². The minimum Gasteiger partial charge on any atom is -0.384 e. The fraction of sp³-hybridized carbons (Fsp3) is 0.278. The van der Waals surface area contributed by atoms with E-state index in [0.717, 1.165) is 16.9 Å². The van der Waals surface area contributed by atoms with E-state index in [1.807, 2.05) is 26.0 Å². The van der Waals surface area contributed by atoms with E-state index >= 15 is 0 Å². The lowest BCUT2D eigenvalue weighted by atomic mass is 10.1. The zero-order valence-corrected chi connectivity index (χ0v) is 14.2. The highest BCUT2D eigenvalue weighted by molar-refractivity contribution is 5.45. The molecular formula is C18H20N4O2. The number of aromatic nitrogens is 4. The topological polar surface area (TPSA) is 72.9 Å². The normalized spacial score (nSPS) is 11.7. The van der Waals surface area contributed by atoms with Crippen molar-refractivity contribution in [2.75, 3.05) is 0 Å². The van der Waals surface area contributed by atoms with E-state index in [-0.39, 0.29) is 5.56 Å². The number of aryl methyl sites for hydroxylation is 2. The number of hydrogen-bond donors (Lipinski definition) is 1. The Labute approximate surface area is 140 Å². The third kappa shape index (κ3) is 2.88. The molecule has 0 bridgehead atoms. The van der Waals surface area contributed by atoms with Gasteiger partial charge in [-0.3, -0.25) is 9.36 Å². The molecule has 0 saturated carbocycles. The minimum absolute atomic E-state index is 0.0899. The van der Waals surface area contributed by atoms with Crippen molar-refractivity contribution < 1.29 is 5.11 Å².